The van der Waals surface area contributed by atoms with Gasteiger partial charge in [0.05, 0.1) is 36.2 Å². The summed E-state index contributed by atoms with van der Waals surface area (Å²) in [4.78, 5) is 22.6. The molecule has 1 fully saturated rings. The van der Waals surface area contributed by atoms with E-state index in [1.807, 2.05) is 45.0 Å². The highest BCUT2D eigenvalue weighted by molar-refractivity contribution is 7.22. The number of hydrogen-bond acceptors (Lipinski definition) is 7. The summed E-state index contributed by atoms with van der Waals surface area (Å²) in [6.07, 6.45) is 0. The Kier molecular flexibility index (Phi) is 6.54. The molecule has 0 spiro atoms. The first-order valence-corrected chi connectivity index (χ1v) is 11.4. The molecule has 1 aliphatic heterocycles. The predicted octanol–water partition coefficient (Wildman–Crippen LogP) is 3.37. The molecule has 3 aromatic rings. The SMILES string of the molecule is COc1ccc2sc(N(CCN3CCOCC3)C(=O)c3cc(C)nn3C(C)C)nc2c1. The lowest BCUT2D eigenvalue weighted by atomic mass is 10.3. The van der Waals surface area contributed by atoms with Crippen LogP contribution in [0.1, 0.15) is 36.1 Å². The lowest BCUT2D eigenvalue weighted by molar-refractivity contribution is 0.0391. The molecule has 8 nitrogen and oxygen atoms in total. The van der Waals surface area contributed by atoms with Crippen LogP contribution >= 0.6 is 11.3 Å². The van der Waals surface area contributed by atoms with Crippen LogP contribution in [0.2, 0.25) is 0 Å². The monoisotopic (exact) mass is 443 g/mol. The second-order valence-electron chi connectivity index (χ2n) is 7.95. The van der Waals surface area contributed by atoms with Crippen LogP contribution in [0.3, 0.4) is 0 Å². The molecule has 0 radical (unpaired) electrons. The number of ether oxygens (including phenoxy) is 2. The average Bonchev–Trinajstić information content (AvgIpc) is 3.37. The van der Waals surface area contributed by atoms with Crippen LogP contribution < -0.4 is 9.64 Å². The number of carbonyl (C=O) groups excluding carboxylic acids is 1. The summed E-state index contributed by atoms with van der Waals surface area (Å²) < 4.78 is 13.6. The van der Waals surface area contributed by atoms with Gasteiger partial charge < -0.3 is 9.47 Å². The zero-order valence-electron chi connectivity index (χ0n) is 18.5. The second-order valence-corrected chi connectivity index (χ2v) is 8.96. The predicted molar refractivity (Wildman–Crippen MR) is 122 cm³/mol. The molecule has 0 bridgehead atoms. The van der Waals surface area contributed by atoms with Crippen LogP contribution in [-0.4, -0.2) is 72.1 Å². The minimum absolute atomic E-state index is 0.0754. The normalized spacial score (nSPS) is 15.0. The molecular formula is C22H29N5O3S. The average molecular weight is 444 g/mol. The molecule has 1 saturated heterocycles. The lowest BCUT2D eigenvalue weighted by Crippen LogP contribution is -2.43. The molecule has 166 valence electrons. The third-order valence-electron chi connectivity index (χ3n) is 5.37. The van der Waals surface area contributed by atoms with E-state index in [1.54, 1.807) is 16.7 Å². The molecule has 0 atom stereocenters. The van der Waals surface area contributed by atoms with Crippen molar-refractivity contribution in [3.63, 3.8) is 0 Å². The van der Waals surface area contributed by atoms with Crippen molar-refractivity contribution < 1.29 is 14.3 Å². The highest BCUT2D eigenvalue weighted by Gasteiger charge is 2.26. The molecule has 0 N–H and O–H groups in total. The number of methoxy groups -OCH3 is 1. The Labute approximate surface area is 186 Å². The minimum Gasteiger partial charge on any atom is -0.497 e. The Hall–Kier alpha value is -2.49. The second kappa shape index (κ2) is 9.33. The van der Waals surface area contributed by atoms with Crippen molar-refractivity contribution in [3.05, 3.63) is 35.7 Å². The van der Waals surface area contributed by atoms with Crippen molar-refractivity contribution in [2.75, 3.05) is 51.4 Å². The number of benzene rings is 1. The van der Waals surface area contributed by atoms with Crippen LogP contribution in [0.25, 0.3) is 10.2 Å². The van der Waals surface area contributed by atoms with Gasteiger partial charge in [0.25, 0.3) is 5.91 Å². The molecule has 1 aromatic carbocycles. The Bertz CT molecular complexity index is 1050. The van der Waals surface area contributed by atoms with Gasteiger partial charge in [-0.3, -0.25) is 19.3 Å². The number of aromatic nitrogens is 3. The Morgan fingerprint density at radius 3 is 2.77 bits per heavy atom. The smallest absolute Gasteiger partial charge is 0.278 e. The first-order valence-electron chi connectivity index (χ1n) is 10.6. The van der Waals surface area contributed by atoms with E-state index in [1.165, 1.54) is 11.3 Å². The number of nitrogens with zero attached hydrogens (tertiary/aromatic N) is 5. The molecule has 3 heterocycles. The molecule has 31 heavy (non-hydrogen) atoms. The van der Waals surface area contributed by atoms with Crippen molar-refractivity contribution in [2.45, 2.75) is 26.8 Å². The molecular weight excluding hydrogens is 414 g/mol. The maximum absolute atomic E-state index is 13.7. The highest BCUT2D eigenvalue weighted by atomic mass is 32.1. The lowest BCUT2D eigenvalue weighted by Gasteiger charge is -2.29. The standard InChI is InChI=1S/C22H29N5O3S/c1-15(2)27-19(13-16(3)24-27)21(28)26(8-7-25-9-11-30-12-10-25)22-23-18-14-17(29-4)5-6-20(18)31-22/h5-6,13-15H,7-12H2,1-4H3. The number of hydrogen-bond donors (Lipinski definition) is 0. The Balaban J connectivity index is 1.68. The van der Waals surface area contributed by atoms with E-state index in [9.17, 15) is 4.79 Å². The van der Waals surface area contributed by atoms with Crippen LogP contribution in [0.5, 0.6) is 5.75 Å². The Morgan fingerprint density at radius 1 is 1.29 bits per heavy atom. The Morgan fingerprint density at radius 2 is 2.06 bits per heavy atom. The highest BCUT2D eigenvalue weighted by Crippen LogP contribution is 2.32. The van der Waals surface area contributed by atoms with Gasteiger partial charge in [-0.05, 0) is 39.0 Å². The van der Waals surface area contributed by atoms with Crippen molar-refractivity contribution >= 4 is 32.6 Å². The minimum atomic E-state index is -0.0754. The number of carbonyl (C=O) groups is 1. The van der Waals surface area contributed by atoms with E-state index < -0.39 is 0 Å². The van der Waals surface area contributed by atoms with Crippen LogP contribution in [0.15, 0.2) is 24.3 Å². The van der Waals surface area contributed by atoms with Gasteiger partial charge in [-0.2, -0.15) is 5.10 Å². The zero-order chi connectivity index (χ0) is 22.0. The van der Waals surface area contributed by atoms with E-state index >= 15 is 0 Å². The molecule has 4 rings (SSSR count). The molecule has 2 aromatic heterocycles. The van der Waals surface area contributed by atoms with Crippen LogP contribution in [-0.2, 0) is 4.74 Å². The maximum atomic E-state index is 13.7. The van der Waals surface area contributed by atoms with Crippen molar-refractivity contribution in [2.24, 2.45) is 0 Å². The van der Waals surface area contributed by atoms with Crippen LogP contribution in [0.4, 0.5) is 5.13 Å². The van der Waals surface area contributed by atoms with Gasteiger partial charge in [-0.15, -0.1) is 0 Å². The maximum Gasteiger partial charge on any atom is 0.278 e. The van der Waals surface area contributed by atoms with E-state index in [0.29, 0.717) is 17.4 Å². The fourth-order valence-electron chi connectivity index (χ4n) is 3.70. The van der Waals surface area contributed by atoms with Crippen molar-refractivity contribution in [1.82, 2.24) is 19.7 Å². The van der Waals surface area contributed by atoms with E-state index in [-0.39, 0.29) is 11.9 Å². The summed E-state index contributed by atoms with van der Waals surface area (Å²) in [7, 11) is 1.64. The van der Waals surface area contributed by atoms with E-state index in [2.05, 4.69) is 10.00 Å². The fourth-order valence-corrected chi connectivity index (χ4v) is 4.67. The third kappa shape index (κ3) is 4.73. The summed E-state index contributed by atoms with van der Waals surface area (Å²) in [5.41, 5.74) is 2.25. The number of fused-ring (bicyclic) bond motifs is 1. The van der Waals surface area contributed by atoms with Crippen molar-refractivity contribution in [1.29, 1.82) is 0 Å². The quantitative estimate of drug-likeness (QED) is 0.558. The van der Waals surface area contributed by atoms with E-state index in [0.717, 1.165) is 54.5 Å². The summed E-state index contributed by atoms with van der Waals surface area (Å²) >= 11 is 1.52. The number of anilines is 1. The number of rotatable bonds is 7. The number of aryl methyl sites for hydroxylation is 1. The summed E-state index contributed by atoms with van der Waals surface area (Å²) in [5.74, 6) is 0.678. The summed E-state index contributed by atoms with van der Waals surface area (Å²) in [6.45, 7) is 10.5. The zero-order valence-corrected chi connectivity index (χ0v) is 19.3. The molecule has 0 aliphatic carbocycles. The van der Waals surface area contributed by atoms with Gasteiger partial charge in [-0.1, -0.05) is 11.3 Å². The first-order chi connectivity index (χ1) is 15.0. The van der Waals surface area contributed by atoms with Gasteiger partial charge in [-0.25, -0.2) is 4.98 Å². The number of thiazole rings is 1. The molecule has 0 saturated carbocycles. The first kappa shape index (κ1) is 21.7. The molecule has 9 heteroatoms. The van der Waals surface area contributed by atoms with Gasteiger partial charge in [0.1, 0.15) is 11.4 Å². The summed E-state index contributed by atoms with van der Waals surface area (Å²) in [5, 5.41) is 5.22. The van der Waals surface area contributed by atoms with Gasteiger partial charge in [0.2, 0.25) is 0 Å². The van der Waals surface area contributed by atoms with Gasteiger partial charge in [0, 0.05) is 38.3 Å². The van der Waals surface area contributed by atoms with Crippen molar-refractivity contribution in [3.8, 4) is 5.75 Å². The molecule has 1 amide bonds. The number of morpholine rings is 1. The summed E-state index contributed by atoms with van der Waals surface area (Å²) in [6, 6.07) is 7.76. The van der Waals surface area contributed by atoms with Gasteiger partial charge >= 0.3 is 0 Å². The number of amides is 1. The molecule has 1 aliphatic rings. The van der Waals surface area contributed by atoms with Crippen LogP contribution in [0, 0.1) is 6.92 Å². The van der Waals surface area contributed by atoms with E-state index in [4.69, 9.17) is 14.5 Å². The largest absolute Gasteiger partial charge is 0.497 e. The topological polar surface area (TPSA) is 72.7 Å². The fraction of sp³-hybridized carbons (Fsp3) is 0.500. The van der Waals surface area contributed by atoms with Gasteiger partial charge in [0.15, 0.2) is 5.13 Å². The third-order valence-corrected chi connectivity index (χ3v) is 6.43. The molecule has 0 unspecified atom stereocenters.